The fourth-order valence-corrected chi connectivity index (χ4v) is 3.24. The molecule has 1 N–H and O–H groups in total. The number of carboxylic acids is 1. The van der Waals surface area contributed by atoms with E-state index >= 15 is 0 Å². The van der Waals surface area contributed by atoms with Gasteiger partial charge >= 0.3 is 5.97 Å². The first kappa shape index (κ1) is 18.6. The lowest BCUT2D eigenvalue weighted by molar-refractivity contribution is -0.139. The zero-order chi connectivity index (χ0) is 17.4. The highest BCUT2D eigenvalue weighted by atomic mass is 127. The second-order valence-corrected chi connectivity index (χ2v) is 6.83. The zero-order valence-electron chi connectivity index (χ0n) is 13.5. The van der Waals surface area contributed by atoms with Gasteiger partial charge in [-0.05, 0) is 28.9 Å². The van der Waals surface area contributed by atoms with Crippen molar-refractivity contribution in [3.05, 3.63) is 71.3 Å². The van der Waals surface area contributed by atoms with Crippen LogP contribution in [0.1, 0.15) is 53.1 Å². The van der Waals surface area contributed by atoms with E-state index in [1.807, 2.05) is 18.2 Å². The predicted molar refractivity (Wildman–Crippen MR) is 104 cm³/mol. The van der Waals surface area contributed by atoms with Crippen LogP contribution in [0.15, 0.2) is 54.6 Å². The fraction of sp³-hybridized carbons (Fsp3) is 0.300. The number of carboxylic acid groups (broad SMARTS) is 1. The summed E-state index contributed by atoms with van der Waals surface area (Å²) >= 11 is 2.33. The first-order valence-corrected chi connectivity index (χ1v) is 9.64. The molecular formula is C20H21IO3. The number of carbonyl (C=O) groups is 2. The van der Waals surface area contributed by atoms with E-state index in [0.29, 0.717) is 23.1 Å². The van der Waals surface area contributed by atoms with Crippen molar-refractivity contribution in [1.82, 2.24) is 0 Å². The third kappa shape index (κ3) is 5.16. The van der Waals surface area contributed by atoms with Gasteiger partial charge in [-0.3, -0.25) is 9.59 Å². The Balaban J connectivity index is 2.17. The van der Waals surface area contributed by atoms with Crippen LogP contribution < -0.4 is 0 Å². The van der Waals surface area contributed by atoms with E-state index < -0.39 is 11.9 Å². The molecule has 1 unspecified atom stereocenters. The van der Waals surface area contributed by atoms with E-state index in [1.54, 1.807) is 36.4 Å². The van der Waals surface area contributed by atoms with Crippen LogP contribution in [0.3, 0.4) is 0 Å². The SMILES string of the molecule is O=C(c1ccccc1)c1cccc(C(CCCCCI)C(=O)O)c1. The van der Waals surface area contributed by atoms with E-state index in [0.717, 1.165) is 23.7 Å². The normalized spacial score (nSPS) is 11.9. The fourth-order valence-electron chi connectivity index (χ4n) is 2.71. The first-order valence-electron chi connectivity index (χ1n) is 8.12. The average molecular weight is 436 g/mol. The van der Waals surface area contributed by atoms with E-state index in [9.17, 15) is 14.7 Å². The molecule has 1 atom stereocenters. The molecule has 0 fully saturated rings. The molecule has 0 heterocycles. The lowest BCUT2D eigenvalue weighted by atomic mass is 9.91. The minimum Gasteiger partial charge on any atom is -0.481 e. The predicted octanol–water partition coefficient (Wildman–Crippen LogP) is 5.08. The molecule has 2 aromatic carbocycles. The van der Waals surface area contributed by atoms with Gasteiger partial charge in [-0.2, -0.15) is 0 Å². The summed E-state index contributed by atoms with van der Waals surface area (Å²) < 4.78 is 1.09. The second-order valence-electron chi connectivity index (χ2n) is 5.75. The standard InChI is InChI=1S/C20H21IO3/c21-13-6-2-5-12-18(20(23)24)16-10-7-11-17(14-16)19(22)15-8-3-1-4-9-15/h1,3-4,7-11,14,18H,2,5-6,12-13H2,(H,23,24). The Morgan fingerprint density at radius 3 is 2.29 bits per heavy atom. The summed E-state index contributed by atoms with van der Waals surface area (Å²) in [7, 11) is 0. The molecule has 24 heavy (non-hydrogen) atoms. The van der Waals surface area contributed by atoms with E-state index in [1.165, 1.54) is 0 Å². The number of rotatable bonds is 9. The molecule has 0 spiro atoms. The van der Waals surface area contributed by atoms with Crippen molar-refractivity contribution in [3.63, 3.8) is 0 Å². The van der Waals surface area contributed by atoms with Gasteiger partial charge < -0.3 is 5.11 Å². The van der Waals surface area contributed by atoms with Gasteiger partial charge in [0.25, 0.3) is 0 Å². The molecule has 126 valence electrons. The van der Waals surface area contributed by atoms with Gasteiger partial charge in [0.2, 0.25) is 0 Å². The molecular weight excluding hydrogens is 415 g/mol. The maximum Gasteiger partial charge on any atom is 0.310 e. The van der Waals surface area contributed by atoms with Crippen molar-refractivity contribution in [3.8, 4) is 0 Å². The van der Waals surface area contributed by atoms with Crippen LogP contribution in [-0.4, -0.2) is 21.3 Å². The van der Waals surface area contributed by atoms with Crippen molar-refractivity contribution < 1.29 is 14.7 Å². The number of unbranched alkanes of at least 4 members (excludes halogenated alkanes) is 2. The minimum atomic E-state index is -0.825. The van der Waals surface area contributed by atoms with Crippen LogP contribution >= 0.6 is 22.6 Å². The number of alkyl halides is 1. The molecule has 3 nitrogen and oxygen atoms in total. The molecule has 0 saturated heterocycles. The highest BCUT2D eigenvalue weighted by molar-refractivity contribution is 14.1. The molecule has 0 aromatic heterocycles. The highest BCUT2D eigenvalue weighted by Crippen LogP contribution is 2.25. The van der Waals surface area contributed by atoms with Gasteiger partial charge in [0.05, 0.1) is 5.92 Å². The third-order valence-electron chi connectivity index (χ3n) is 4.01. The Morgan fingerprint density at radius 2 is 1.62 bits per heavy atom. The van der Waals surface area contributed by atoms with Gasteiger partial charge in [-0.25, -0.2) is 0 Å². The number of halogens is 1. The maximum absolute atomic E-state index is 12.5. The summed E-state index contributed by atoms with van der Waals surface area (Å²) in [5, 5.41) is 9.54. The second kappa shape index (κ2) is 9.57. The van der Waals surface area contributed by atoms with Crippen molar-refractivity contribution in [2.24, 2.45) is 0 Å². The average Bonchev–Trinajstić information content (AvgIpc) is 2.61. The summed E-state index contributed by atoms with van der Waals surface area (Å²) in [6, 6.07) is 16.1. The molecule has 0 amide bonds. The van der Waals surface area contributed by atoms with Crippen molar-refractivity contribution >= 4 is 34.3 Å². The molecule has 0 aliphatic heterocycles. The quantitative estimate of drug-likeness (QED) is 0.258. The van der Waals surface area contributed by atoms with Crippen LogP contribution in [-0.2, 0) is 4.79 Å². The van der Waals surface area contributed by atoms with Crippen molar-refractivity contribution in [2.75, 3.05) is 4.43 Å². The summed E-state index contributed by atoms with van der Waals surface area (Å²) in [5.74, 6) is -1.46. The highest BCUT2D eigenvalue weighted by Gasteiger charge is 2.20. The first-order chi connectivity index (χ1) is 11.6. The number of carbonyl (C=O) groups excluding carboxylic acids is 1. The summed E-state index contributed by atoms with van der Waals surface area (Å²) in [4.78, 5) is 24.2. The Bertz CT molecular complexity index is 682. The molecule has 2 aromatic rings. The Kier molecular flexibility index (Phi) is 7.43. The van der Waals surface area contributed by atoms with Gasteiger partial charge in [0.1, 0.15) is 0 Å². The Morgan fingerprint density at radius 1 is 0.917 bits per heavy atom. The lowest BCUT2D eigenvalue weighted by Crippen LogP contribution is -2.13. The van der Waals surface area contributed by atoms with Crippen molar-refractivity contribution in [2.45, 2.75) is 31.6 Å². The van der Waals surface area contributed by atoms with Crippen LogP contribution in [0.2, 0.25) is 0 Å². The van der Waals surface area contributed by atoms with Crippen LogP contribution in [0, 0.1) is 0 Å². The van der Waals surface area contributed by atoms with Crippen LogP contribution in [0.4, 0.5) is 0 Å². The third-order valence-corrected chi connectivity index (χ3v) is 4.77. The Labute approximate surface area is 156 Å². The monoisotopic (exact) mass is 436 g/mol. The zero-order valence-corrected chi connectivity index (χ0v) is 15.6. The smallest absolute Gasteiger partial charge is 0.310 e. The summed E-state index contributed by atoms with van der Waals surface area (Å²) in [6.07, 6.45) is 3.64. The topological polar surface area (TPSA) is 54.4 Å². The van der Waals surface area contributed by atoms with Crippen molar-refractivity contribution in [1.29, 1.82) is 0 Å². The van der Waals surface area contributed by atoms with Gasteiger partial charge in [0.15, 0.2) is 5.78 Å². The summed E-state index contributed by atoms with van der Waals surface area (Å²) in [5.41, 5.74) is 1.86. The molecule has 2 rings (SSSR count). The van der Waals surface area contributed by atoms with Crippen LogP contribution in [0.25, 0.3) is 0 Å². The molecule has 0 saturated carbocycles. The maximum atomic E-state index is 12.5. The summed E-state index contributed by atoms with van der Waals surface area (Å²) in [6.45, 7) is 0. The number of ketones is 1. The van der Waals surface area contributed by atoms with Gasteiger partial charge in [-0.1, -0.05) is 84.0 Å². The molecule has 0 radical (unpaired) electrons. The molecule has 0 aliphatic carbocycles. The molecule has 4 heteroatoms. The minimum absolute atomic E-state index is 0.0773. The Hall–Kier alpha value is -1.69. The molecule has 0 aliphatic rings. The number of hydrogen-bond donors (Lipinski definition) is 1. The number of aliphatic carboxylic acids is 1. The van der Waals surface area contributed by atoms with Gasteiger partial charge in [0, 0.05) is 11.1 Å². The van der Waals surface area contributed by atoms with Gasteiger partial charge in [-0.15, -0.1) is 0 Å². The van der Waals surface area contributed by atoms with E-state index in [2.05, 4.69) is 22.6 Å². The van der Waals surface area contributed by atoms with E-state index in [-0.39, 0.29) is 5.78 Å². The van der Waals surface area contributed by atoms with E-state index in [4.69, 9.17) is 0 Å². The largest absolute Gasteiger partial charge is 0.481 e. The molecule has 0 bridgehead atoms. The number of hydrogen-bond acceptors (Lipinski definition) is 2. The van der Waals surface area contributed by atoms with Crippen LogP contribution in [0.5, 0.6) is 0 Å². The lowest BCUT2D eigenvalue weighted by Gasteiger charge is -2.13. The number of benzene rings is 2.